The minimum Gasteiger partial charge on any atom is -0.480 e. The molecule has 0 radical (unpaired) electrons. The van der Waals surface area contributed by atoms with Crippen LogP contribution in [0.25, 0.3) is 0 Å². The van der Waals surface area contributed by atoms with Gasteiger partial charge in [-0.15, -0.1) is 0 Å². The van der Waals surface area contributed by atoms with Crippen LogP contribution < -0.4 is 5.73 Å². The minimum absolute atomic E-state index is 0.0914. The molecule has 1 unspecified atom stereocenters. The maximum Gasteiger partial charge on any atom is 0.321 e. The Balaban J connectivity index is 2.65. The molecule has 0 bridgehead atoms. The number of rotatable bonds is 3. The molecule has 1 aliphatic rings. The van der Waals surface area contributed by atoms with Crippen LogP contribution in [0, 0.1) is 11.3 Å². The van der Waals surface area contributed by atoms with Crippen molar-refractivity contribution >= 4 is 5.97 Å². The third-order valence-corrected chi connectivity index (χ3v) is 2.86. The fraction of sp³-hybridized carbons (Fsp3) is 0.875. The lowest BCUT2D eigenvalue weighted by atomic mass is 9.85. The Kier molecular flexibility index (Phi) is 1.92. The second-order valence-electron chi connectivity index (χ2n) is 3.70. The maximum absolute atomic E-state index is 10.6. The predicted molar refractivity (Wildman–Crippen MR) is 42.1 cm³/mol. The molecule has 1 rings (SSSR count). The van der Waals surface area contributed by atoms with E-state index in [2.05, 4.69) is 0 Å². The van der Waals surface area contributed by atoms with Gasteiger partial charge in [0.15, 0.2) is 0 Å². The molecule has 0 aromatic heterocycles. The van der Waals surface area contributed by atoms with Gasteiger partial charge in [0.05, 0.1) is 0 Å². The van der Waals surface area contributed by atoms with Gasteiger partial charge in [-0.3, -0.25) is 4.79 Å². The van der Waals surface area contributed by atoms with Gasteiger partial charge in [-0.05, 0) is 24.2 Å². The lowest BCUT2D eigenvalue weighted by Gasteiger charge is -2.23. The number of carbonyl (C=O) groups is 1. The lowest BCUT2D eigenvalue weighted by molar-refractivity contribution is -0.140. The first kappa shape index (κ1) is 8.53. The Bertz CT molecular complexity index is 173. The molecule has 64 valence electrons. The first-order valence-corrected chi connectivity index (χ1v) is 3.99. The number of aliphatic carboxylic acids is 1. The maximum atomic E-state index is 10.6. The first-order chi connectivity index (χ1) is 5.00. The molecule has 0 aromatic rings. The third-order valence-electron chi connectivity index (χ3n) is 2.86. The van der Waals surface area contributed by atoms with Gasteiger partial charge >= 0.3 is 5.97 Å². The zero-order chi connectivity index (χ0) is 8.65. The van der Waals surface area contributed by atoms with Crippen molar-refractivity contribution < 1.29 is 9.90 Å². The number of carboxylic acid groups (broad SMARTS) is 1. The highest BCUT2D eigenvalue weighted by Gasteiger charge is 2.52. The van der Waals surface area contributed by atoms with Crippen LogP contribution in [0.15, 0.2) is 0 Å². The summed E-state index contributed by atoms with van der Waals surface area (Å²) < 4.78 is 0. The molecule has 3 heteroatoms. The quantitative estimate of drug-likeness (QED) is 0.638. The van der Waals surface area contributed by atoms with E-state index in [0.29, 0.717) is 5.92 Å². The van der Waals surface area contributed by atoms with E-state index in [1.807, 2.05) is 13.8 Å². The monoisotopic (exact) mass is 157 g/mol. The highest BCUT2D eigenvalue weighted by Crippen LogP contribution is 2.53. The van der Waals surface area contributed by atoms with Crippen LogP contribution in [-0.2, 0) is 4.79 Å². The molecule has 0 aromatic carbocycles. The standard InChI is InChI=1S/C8H15NO2/c1-5(2)8(3-4-8)6(9)7(10)11/h5-6H,3-4,9H2,1-2H3,(H,10,11). The number of hydrogen-bond acceptors (Lipinski definition) is 2. The third kappa shape index (κ3) is 1.25. The fourth-order valence-electron chi connectivity index (χ4n) is 1.64. The average molecular weight is 157 g/mol. The van der Waals surface area contributed by atoms with Gasteiger partial charge in [-0.1, -0.05) is 13.8 Å². The van der Waals surface area contributed by atoms with Crippen molar-refractivity contribution in [2.24, 2.45) is 17.1 Å². The van der Waals surface area contributed by atoms with E-state index in [9.17, 15) is 4.79 Å². The van der Waals surface area contributed by atoms with Crippen LogP contribution in [0.4, 0.5) is 0 Å². The van der Waals surface area contributed by atoms with E-state index in [4.69, 9.17) is 10.8 Å². The van der Waals surface area contributed by atoms with Crippen LogP contribution >= 0.6 is 0 Å². The number of carboxylic acids is 1. The van der Waals surface area contributed by atoms with E-state index in [1.165, 1.54) is 0 Å². The normalized spacial score (nSPS) is 23.3. The average Bonchev–Trinajstić information content (AvgIpc) is 2.65. The van der Waals surface area contributed by atoms with Crippen LogP contribution in [0.5, 0.6) is 0 Å². The van der Waals surface area contributed by atoms with Gasteiger partial charge in [-0.2, -0.15) is 0 Å². The molecule has 1 aliphatic carbocycles. The molecule has 0 aliphatic heterocycles. The molecular formula is C8H15NO2. The predicted octanol–water partition coefficient (Wildman–Crippen LogP) is 0.834. The molecule has 1 fully saturated rings. The van der Waals surface area contributed by atoms with Gasteiger partial charge < -0.3 is 10.8 Å². The molecule has 0 heterocycles. The largest absolute Gasteiger partial charge is 0.480 e. The van der Waals surface area contributed by atoms with E-state index in [-0.39, 0.29) is 5.41 Å². The van der Waals surface area contributed by atoms with E-state index >= 15 is 0 Å². The Morgan fingerprint density at radius 3 is 2.09 bits per heavy atom. The zero-order valence-electron chi connectivity index (χ0n) is 7.00. The summed E-state index contributed by atoms with van der Waals surface area (Å²) in [7, 11) is 0. The van der Waals surface area contributed by atoms with Crippen molar-refractivity contribution in [1.82, 2.24) is 0 Å². The minimum atomic E-state index is -0.865. The second kappa shape index (κ2) is 2.48. The number of nitrogens with two attached hydrogens (primary N) is 1. The molecule has 3 N–H and O–H groups in total. The van der Waals surface area contributed by atoms with Crippen molar-refractivity contribution in [3.8, 4) is 0 Å². The molecule has 1 saturated carbocycles. The van der Waals surface area contributed by atoms with Crippen LogP contribution in [0.1, 0.15) is 26.7 Å². The van der Waals surface area contributed by atoms with Crippen molar-refractivity contribution in [3.05, 3.63) is 0 Å². The molecule has 11 heavy (non-hydrogen) atoms. The van der Waals surface area contributed by atoms with Crippen molar-refractivity contribution in [2.75, 3.05) is 0 Å². The SMILES string of the molecule is CC(C)C1(C(N)C(=O)O)CC1. The van der Waals surface area contributed by atoms with Crippen molar-refractivity contribution in [3.63, 3.8) is 0 Å². The second-order valence-corrected chi connectivity index (χ2v) is 3.70. The summed E-state index contributed by atoms with van der Waals surface area (Å²) in [5, 5.41) is 8.68. The fourth-order valence-corrected chi connectivity index (χ4v) is 1.64. The molecule has 3 nitrogen and oxygen atoms in total. The van der Waals surface area contributed by atoms with Crippen LogP contribution in [0.3, 0.4) is 0 Å². The highest BCUT2D eigenvalue weighted by molar-refractivity contribution is 5.75. The summed E-state index contributed by atoms with van der Waals surface area (Å²) >= 11 is 0. The Morgan fingerprint density at radius 1 is 1.55 bits per heavy atom. The molecule has 0 saturated heterocycles. The Hall–Kier alpha value is -0.570. The zero-order valence-corrected chi connectivity index (χ0v) is 7.00. The summed E-state index contributed by atoms with van der Waals surface area (Å²) in [6.07, 6.45) is 1.94. The summed E-state index contributed by atoms with van der Waals surface area (Å²) in [5.74, 6) is -0.482. The molecule has 0 amide bonds. The summed E-state index contributed by atoms with van der Waals surface area (Å²) in [6.45, 7) is 4.08. The van der Waals surface area contributed by atoms with E-state index < -0.39 is 12.0 Å². The van der Waals surface area contributed by atoms with Gasteiger partial charge in [0.1, 0.15) is 6.04 Å². The highest BCUT2D eigenvalue weighted by atomic mass is 16.4. The van der Waals surface area contributed by atoms with Crippen LogP contribution in [-0.4, -0.2) is 17.1 Å². The molecule has 0 spiro atoms. The van der Waals surface area contributed by atoms with Gasteiger partial charge in [0.25, 0.3) is 0 Å². The summed E-state index contributed by atoms with van der Waals surface area (Å²) in [5.41, 5.74) is 5.47. The van der Waals surface area contributed by atoms with E-state index in [0.717, 1.165) is 12.8 Å². The Morgan fingerprint density at radius 2 is 2.00 bits per heavy atom. The van der Waals surface area contributed by atoms with Gasteiger partial charge in [0.2, 0.25) is 0 Å². The molecular weight excluding hydrogens is 142 g/mol. The summed E-state index contributed by atoms with van der Waals surface area (Å²) in [6, 6.07) is -0.664. The number of hydrogen-bond donors (Lipinski definition) is 2. The first-order valence-electron chi connectivity index (χ1n) is 3.99. The topological polar surface area (TPSA) is 63.3 Å². The molecule has 1 atom stereocenters. The lowest BCUT2D eigenvalue weighted by Crippen LogP contribution is -2.42. The van der Waals surface area contributed by atoms with Gasteiger partial charge in [-0.25, -0.2) is 0 Å². The van der Waals surface area contributed by atoms with E-state index in [1.54, 1.807) is 0 Å². The summed E-state index contributed by atoms with van der Waals surface area (Å²) in [4.78, 5) is 10.6. The van der Waals surface area contributed by atoms with Crippen molar-refractivity contribution in [1.29, 1.82) is 0 Å². The van der Waals surface area contributed by atoms with Crippen LogP contribution in [0.2, 0.25) is 0 Å². The smallest absolute Gasteiger partial charge is 0.321 e. The van der Waals surface area contributed by atoms with Gasteiger partial charge in [0, 0.05) is 0 Å². The van der Waals surface area contributed by atoms with Crippen molar-refractivity contribution in [2.45, 2.75) is 32.7 Å². The Labute approximate surface area is 66.6 Å².